The van der Waals surface area contributed by atoms with Crippen molar-refractivity contribution in [1.82, 2.24) is 4.31 Å². The first-order chi connectivity index (χ1) is 8.43. The van der Waals surface area contributed by atoms with Crippen molar-refractivity contribution >= 4 is 27.6 Å². The second kappa shape index (κ2) is 4.87. The third kappa shape index (κ3) is 2.36. The molecule has 1 fully saturated rings. The van der Waals surface area contributed by atoms with Crippen LogP contribution in [0.25, 0.3) is 0 Å². The number of rotatable bonds is 3. The molecule has 18 heavy (non-hydrogen) atoms. The average Bonchev–Trinajstić information content (AvgIpc) is 2.73. The van der Waals surface area contributed by atoms with E-state index in [1.54, 1.807) is 18.2 Å². The van der Waals surface area contributed by atoms with E-state index in [9.17, 15) is 13.2 Å². The third-order valence-electron chi connectivity index (χ3n) is 2.84. The highest BCUT2D eigenvalue weighted by Gasteiger charge is 2.43. The predicted molar refractivity (Wildman–Crippen MR) is 66.0 cm³/mol. The minimum Gasteiger partial charge on any atom is -0.480 e. The van der Waals surface area contributed by atoms with E-state index >= 15 is 0 Å². The highest BCUT2D eigenvalue weighted by molar-refractivity contribution is 7.89. The number of carbonyl (C=O) groups is 1. The van der Waals surface area contributed by atoms with Gasteiger partial charge in [0.2, 0.25) is 10.0 Å². The van der Waals surface area contributed by atoms with Crippen molar-refractivity contribution in [3.05, 3.63) is 30.3 Å². The number of halogens is 1. The summed E-state index contributed by atoms with van der Waals surface area (Å²) >= 11 is 5.87. The second-order valence-corrected chi connectivity index (χ2v) is 6.58. The number of sulfonamides is 1. The summed E-state index contributed by atoms with van der Waals surface area (Å²) in [4.78, 5) is 11.2. The second-order valence-electron chi connectivity index (χ2n) is 4.07. The Morgan fingerprint density at radius 1 is 1.33 bits per heavy atom. The Balaban J connectivity index is 2.38. The first-order valence-electron chi connectivity index (χ1n) is 5.36. The zero-order valence-electron chi connectivity index (χ0n) is 9.36. The van der Waals surface area contributed by atoms with Gasteiger partial charge in [-0.1, -0.05) is 18.2 Å². The van der Waals surface area contributed by atoms with Crippen molar-refractivity contribution in [3.8, 4) is 0 Å². The largest absolute Gasteiger partial charge is 0.480 e. The summed E-state index contributed by atoms with van der Waals surface area (Å²) in [5.74, 6) is -1.17. The van der Waals surface area contributed by atoms with Crippen LogP contribution in [-0.4, -0.2) is 41.8 Å². The van der Waals surface area contributed by atoms with E-state index in [1.807, 2.05) is 0 Å². The topological polar surface area (TPSA) is 74.7 Å². The fourth-order valence-corrected chi connectivity index (χ4v) is 4.03. The van der Waals surface area contributed by atoms with Gasteiger partial charge in [0.1, 0.15) is 6.04 Å². The van der Waals surface area contributed by atoms with Crippen molar-refractivity contribution in [3.63, 3.8) is 0 Å². The van der Waals surface area contributed by atoms with E-state index in [2.05, 4.69) is 0 Å². The van der Waals surface area contributed by atoms with Crippen LogP contribution in [0.2, 0.25) is 0 Å². The fourth-order valence-electron chi connectivity index (χ4n) is 1.97. The molecule has 0 amide bonds. The van der Waals surface area contributed by atoms with Gasteiger partial charge in [-0.2, -0.15) is 4.31 Å². The number of hydrogen-bond acceptors (Lipinski definition) is 3. The molecule has 5 nitrogen and oxygen atoms in total. The fraction of sp³-hybridized carbons (Fsp3) is 0.364. The van der Waals surface area contributed by atoms with Crippen molar-refractivity contribution in [2.75, 3.05) is 6.54 Å². The normalized spacial score (nSPS) is 25.2. The Morgan fingerprint density at radius 3 is 2.50 bits per heavy atom. The molecule has 0 aliphatic carbocycles. The maximum Gasteiger partial charge on any atom is 0.322 e. The number of aliphatic carboxylic acids is 1. The lowest BCUT2D eigenvalue weighted by Gasteiger charge is -2.20. The average molecular weight is 290 g/mol. The molecule has 98 valence electrons. The molecule has 1 aliphatic rings. The summed E-state index contributed by atoms with van der Waals surface area (Å²) in [5, 5.41) is 8.58. The molecular formula is C11H12ClNO4S. The highest BCUT2D eigenvalue weighted by Crippen LogP contribution is 2.28. The van der Waals surface area contributed by atoms with Gasteiger partial charge in [-0.3, -0.25) is 4.79 Å². The van der Waals surface area contributed by atoms with E-state index in [1.165, 1.54) is 12.1 Å². The zero-order chi connectivity index (χ0) is 13.3. The van der Waals surface area contributed by atoms with Crippen molar-refractivity contribution in [2.24, 2.45) is 0 Å². The lowest BCUT2D eigenvalue weighted by atomic mass is 10.2. The zero-order valence-corrected chi connectivity index (χ0v) is 10.9. The molecule has 0 unspecified atom stereocenters. The van der Waals surface area contributed by atoms with Crippen molar-refractivity contribution < 1.29 is 18.3 Å². The molecule has 1 aromatic carbocycles. The van der Waals surface area contributed by atoms with E-state index in [0.717, 1.165) is 4.31 Å². The standard InChI is InChI=1S/C11H12ClNO4S/c12-8-6-10(11(14)15)13(7-8)18(16,17)9-4-2-1-3-5-9/h1-5,8,10H,6-7H2,(H,14,15)/t8-,10+/m1/s1. The number of carboxylic acid groups (broad SMARTS) is 1. The molecular weight excluding hydrogens is 278 g/mol. The SMILES string of the molecule is O=C(O)[C@@H]1C[C@@H](Cl)CN1S(=O)(=O)c1ccccc1. The van der Waals surface area contributed by atoms with Gasteiger partial charge in [0.05, 0.1) is 4.90 Å². The monoisotopic (exact) mass is 289 g/mol. The number of hydrogen-bond donors (Lipinski definition) is 1. The molecule has 1 saturated heterocycles. The van der Waals surface area contributed by atoms with E-state index in [4.69, 9.17) is 16.7 Å². The van der Waals surface area contributed by atoms with Crippen LogP contribution in [0.1, 0.15) is 6.42 Å². The van der Waals surface area contributed by atoms with Crippen LogP contribution < -0.4 is 0 Å². The van der Waals surface area contributed by atoms with Gasteiger partial charge in [-0.05, 0) is 18.6 Å². The highest BCUT2D eigenvalue weighted by atomic mass is 35.5. The molecule has 2 rings (SSSR count). The molecule has 1 heterocycles. The Kier molecular flexibility index (Phi) is 3.61. The lowest BCUT2D eigenvalue weighted by molar-refractivity contribution is -0.140. The molecule has 0 radical (unpaired) electrons. The van der Waals surface area contributed by atoms with E-state index < -0.39 is 27.4 Å². The van der Waals surface area contributed by atoms with Gasteiger partial charge in [-0.25, -0.2) is 8.42 Å². The van der Waals surface area contributed by atoms with Gasteiger partial charge >= 0.3 is 5.97 Å². The van der Waals surface area contributed by atoms with Gasteiger partial charge in [-0.15, -0.1) is 11.6 Å². The molecule has 0 saturated carbocycles. The van der Waals surface area contributed by atoms with Crippen molar-refractivity contribution in [2.45, 2.75) is 22.7 Å². The first kappa shape index (κ1) is 13.3. The van der Waals surface area contributed by atoms with Crippen LogP contribution in [0, 0.1) is 0 Å². The molecule has 1 N–H and O–H groups in total. The molecule has 1 aromatic rings. The minimum atomic E-state index is -3.80. The summed E-state index contributed by atoms with van der Waals surface area (Å²) in [6.45, 7) is 0.0236. The molecule has 7 heteroatoms. The molecule has 0 bridgehead atoms. The third-order valence-corrected chi connectivity index (χ3v) is 5.04. The Morgan fingerprint density at radius 2 is 1.94 bits per heavy atom. The van der Waals surface area contributed by atoms with E-state index in [-0.39, 0.29) is 17.9 Å². The van der Waals surface area contributed by atoms with Crippen LogP contribution in [0.15, 0.2) is 35.2 Å². The summed E-state index contributed by atoms with van der Waals surface area (Å²) in [6, 6.07) is 6.68. The van der Waals surface area contributed by atoms with Crippen LogP contribution >= 0.6 is 11.6 Å². The van der Waals surface area contributed by atoms with Crippen LogP contribution in [0.3, 0.4) is 0 Å². The Labute approximate surface area is 110 Å². The molecule has 0 spiro atoms. The maximum atomic E-state index is 12.3. The Bertz CT molecular complexity index is 545. The number of benzene rings is 1. The van der Waals surface area contributed by atoms with E-state index in [0.29, 0.717) is 0 Å². The quantitative estimate of drug-likeness (QED) is 0.847. The first-order valence-corrected chi connectivity index (χ1v) is 7.24. The lowest BCUT2D eigenvalue weighted by Crippen LogP contribution is -2.40. The molecule has 0 aromatic heterocycles. The van der Waals surface area contributed by atoms with Crippen LogP contribution in [0.5, 0.6) is 0 Å². The summed E-state index contributed by atoms with van der Waals surface area (Å²) in [7, 11) is -3.80. The molecule has 1 aliphatic heterocycles. The number of alkyl halides is 1. The summed E-state index contributed by atoms with van der Waals surface area (Å²) < 4.78 is 25.6. The number of nitrogens with zero attached hydrogens (tertiary/aromatic N) is 1. The van der Waals surface area contributed by atoms with Gasteiger partial charge in [0.25, 0.3) is 0 Å². The molecule has 2 atom stereocenters. The minimum absolute atomic E-state index is 0.0236. The summed E-state index contributed by atoms with van der Waals surface area (Å²) in [6.07, 6.45) is 0.128. The predicted octanol–water partition coefficient (Wildman–Crippen LogP) is 1.14. The Hall–Kier alpha value is -1.11. The maximum absolute atomic E-state index is 12.3. The smallest absolute Gasteiger partial charge is 0.322 e. The summed E-state index contributed by atoms with van der Waals surface area (Å²) in [5.41, 5.74) is 0. The van der Waals surface area contributed by atoms with Gasteiger partial charge < -0.3 is 5.11 Å². The van der Waals surface area contributed by atoms with Gasteiger partial charge in [0.15, 0.2) is 0 Å². The van der Waals surface area contributed by atoms with Crippen LogP contribution in [-0.2, 0) is 14.8 Å². The van der Waals surface area contributed by atoms with Gasteiger partial charge in [0, 0.05) is 11.9 Å². The van der Waals surface area contributed by atoms with Crippen molar-refractivity contribution in [1.29, 1.82) is 0 Å². The van der Waals surface area contributed by atoms with Crippen LogP contribution in [0.4, 0.5) is 0 Å². The number of carboxylic acids is 1.